The van der Waals surface area contributed by atoms with Crippen LogP contribution in [0.5, 0.6) is 0 Å². The second-order valence-electron chi connectivity index (χ2n) is 4.15. The van der Waals surface area contributed by atoms with Crippen LogP contribution in [-0.4, -0.2) is 39.1 Å². The molecule has 0 spiro atoms. The third kappa shape index (κ3) is 3.52. The van der Waals surface area contributed by atoms with E-state index in [1.807, 2.05) is 0 Å². The molecule has 2 unspecified atom stereocenters. The van der Waals surface area contributed by atoms with Crippen molar-refractivity contribution in [3.63, 3.8) is 0 Å². The minimum atomic E-state index is -1.96. The number of carbonyl (C=O) groups is 2. The summed E-state index contributed by atoms with van der Waals surface area (Å²) in [5, 5.41) is 28.0. The molecule has 0 aromatic heterocycles. The highest BCUT2D eigenvalue weighted by Gasteiger charge is 2.35. The lowest BCUT2D eigenvalue weighted by Gasteiger charge is -2.29. The fourth-order valence-corrected chi connectivity index (χ4v) is 1.42. The number of aliphatic hydroxyl groups is 2. The number of aliphatic hydroxyl groups excluding tert-OH is 1. The minimum Gasteiger partial charge on any atom is -0.478 e. The number of carboxylic acids is 1. The van der Waals surface area contributed by atoms with E-state index in [-0.39, 0.29) is 17.5 Å². The zero-order valence-corrected chi connectivity index (χ0v) is 10.7. The maximum atomic E-state index is 11.8. The molecule has 6 heteroatoms. The number of carbonyl (C=O) groups excluding carboxylic acids is 1. The van der Waals surface area contributed by atoms with Crippen LogP contribution in [-0.2, 0) is 4.74 Å². The summed E-state index contributed by atoms with van der Waals surface area (Å²) >= 11 is 0. The fourth-order valence-electron chi connectivity index (χ4n) is 1.42. The van der Waals surface area contributed by atoms with Crippen LogP contribution in [0.3, 0.4) is 0 Å². The van der Waals surface area contributed by atoms with Crippen molar-refractivity contribution in [2.24, 2.45) is 0 Å². The van der Waals surface area contributed by atoms with E-state index in [1.54, 1.807) is 6.92 Å². The SMILES string of the molecule is CCC(O)(OC(=O)c1ccc(C(=O)O)cc1)C(C)O. The number of hydrogen-bond acceptors (Lipinski definition) is 5. The van der Waals surface area contributed by atoms with Crippen LogP contribution >= 0.6 is 0 Å². The molecule has 3 N–H and O–H groups in total. The Morgan fingerprint density at radius 1 is 1.26 bits per heavy atom. The molecule has 1 rings (SSSR count). The molecule has 0 saturated heterocycles. The summed E-state index contributed by atoms with van der Waals surface area (Å²) in [4.78, 5) is 22.4. The molecule has 0 heterocycles. The van der Waals surface area contributed by atoms with Gasteiger partial charge in [0.1, 0.15) is 6.10 Å². The van der Waals surface area contributed by atoms with Crippen molar-refractivity contribution in [1.82, 2.24) is 0 Å². The van der Waals surface area contributed by atoms with Crippen LogP contribution in [0, 0.1) is 0 Å². The Labute approximate surface area is 110 Å². The van der Waals surface area contributed by atoms with Gasteiger partial charge < -0.3 is 20.1 Å². The standard InChI is InChI=1S/C13H16O6/c1-3-13(18,8(2)14)19-12(17)10-6-4-9(5-7-10)11(15)16/h4-8,14,18H,3H2,1-2H3,(H,15,16). The highest BCUT2D eigenvalue weighted by Crippen LogP contribution is 2.19. The summed E-state index contributed by atoms with van der Waals surface area (Å²) in [5.74, 6) is -3.89. The van der Waals surface area contributed by atoms with E-state index in [0.29, 0.717) is 0 Å². The first kappa shape index (κ1) is 15.1. The Bertz CT molecular complexity index is 465. The van der Waals surface area contributed by atoms with Crippen molar-refractivity contribution in [1.29, 1.82) is 0 Å². The maximum absolute atomic E-state index is 11.8. The summed E-state index contributed by atoms with van der Waals surface area (Å²) < 4.78 is 4.85. The molecule has 19 heavy (non-hydrogen) atoms. The van der Waals surface area contributed by atoms with Crippen molar-refractivity contribution in [2.45, 2.75) is 32.2 Å². The molecular weight excluding hydrogens is 252 g/mol. The molecular formula is C13H16O6. The van der Waals surface area contributed by atoms with Crippen LogP contribution in [0.1, 0.15) is 41.0 Å². The smallest absolute Gasteiger partial charge is 0.340 e. The Kier molecular flexibility index (Phi) is 4.63. The van der Waals surface area contributed by atoms with Crippen molar-refractivity contribution in [3.8, 4) is 0 Å². The molecule has 0 radical (unpaired) electrons. The predicted molar refractivity (Wildman–Crippen MR) is 65.7 cm³/mol. The summed E-state index contributed by atoms with van der Waals surface area (Å²) in [5.41, 5.74) is 0.135. The average molecular weight is 268 g/mol. The third-order valence-corrected chi connectivity index (χ3v) is 2.80. The zero-order valence-electron chi connectivity index (χ0n) is 10.7. The average Bonchev–Trinajstić information content (AvgIpc) is 2.38. The topological polar surface area (TPSA) is 104 Å². The second-order valence-corrected chi connectivity index (χ2v) is 4.15. The molecule has 0 aliphatic rings. The Hall–Kier alpha value is -1.92. The molecule has 2 atom stereocenters. The number of benzene rings is 1. The van der Waals surface area contributed by atoms with E-state index in [4.69, 9.17) is 9.84 Å². The Morgan fingerprint density at radius 2 is 1.74 bits per heavy atom. The van der Waals surface area contributed by atoms with Gasteiger partial charge in [-0.1, -0.05) is 6.92 Å². The predicted octanol–water partition coefficient (Wildman–Crippen LogP) is 1.02. The number of hydrogen-bond donors (Lipinski definition) is 3. The number of aromatic carboxylic acids is 1. The summed E-state index contributed by atoms with van der Waals surface area (Å²) in [6.07, 6.45) is -1.20. The monoisotopic (exact) mass is 268 g/mol. The summed E-state index contributed by atoms with van der Waals surface area (Å²) in [6, 6.07) is 5.08. The van der Waals surface area contributed by atoms with Gasteiger partial charge in [0.2, 0.25) is 5.79 Å². The normalized spacial score (nSPS) is 15.4. The van der Waals surface area contributed by atoms with E-state index < -0.39 is 23.8 Å². The highest BCUT2D eigenvalue weighted by atomic mass is 16.7. The van der Waals surface area contributed by atoms with Gasteiger partial charge in [0, 0.05) is 6.42 Å². The van der Waals surface area contributed by atoms with Gasteiger partial charge in [0.05, 0.1) is 11.1 Å². The molecule has 0 aliphatic heterocycles. The van der Waals surface area contributed by atoms with E-state index in [2.05, 4.69) is 0 Å². The van der Waals surface area contributed by atoms with E-state index in [0.717, 1.165) is 0 Å². The third-order valence-electron chi connectivity index (χ3n) is 2.80. The number of rotatable bonds is 5. The minimum absolute atomic E-state index is 0.0314. The van der Waals surface area contributed by atoms with Gasteiger partial charge in [0.25, 0.3) is 0 Å². The molecule has 0 bridgehead atoms. The summed E-state index contributed by atoms with van der Waals surface area (Å²) in [6.45, 7) is 2.87. The van der Waals surface area contributed by atoms with Crippen LogP contribution in [0.25, 0.3) is 0 Å². The Morgan fingerprint density at radius 3 is 2.11 bits per heavy atom. The number of carboxylic acid groups (broad SMARTS) is 1. The van der Waals surface area contributed by atoms with Gasteiger partial charge in [-0.05, 0) is 31.2 Å². The molecule has 1 aromatic rings. The van der Waals surface area contributed by atoms with Gasteiger partial charge in [-0.3, -0.25) is 0 Å². The van der Waals surface area contributed by atoms with Crippen molar-refractivity contribution in [3.05, 3.63) is 35.4 Å². The molecule has 104 valence electrons. The Balaban J connectivity index is 2.86. The zero-order chi connectivity index (χ0) is 14.6. The van der Waals surface area contributed by atoms with Crippen molar-refractivity contribution < 1.29 is 29.6 Å². The van der Waals surface area contributed by atoms with Gasteiger partial charge in [-0.25, -0.2) is 9.59 Å². The van der Waals surface area contributed by atoms with Crippen LogP contribution in [0.15, 0.2) is 24.3 Å². The van der Waals surface area contributed by atoms with Gasteiger partial charge in [-0.2, -0.15) is 0 Å². The first-order valence-electron chi connectivity index (χ1n) is 5.77. The molecule has 0 aliphatic carbocycles. The number of esters is 1. The molecule has 6 nitrogen and oxygen atoms in total. The van der Waals surface area contributed by atoms with Crippen LogP contribution in [0.2, 0.25) is 0 Å². The molecule has 0 saturated carbocycles. The fraction of sp³-hybridized carbons (Fsp3) is 0.385. The lowest BCUT2D eigenvalue weighted by atomic mass is 10.1. The largest absolute Gasteiger partial charge is 0.478 e. The number of ether oxygens (including phenoxy) is 1. The molecule has 0 amide bonds. The van der Waals surface area contributed by atoms with Crippen molar-refractivity contribution in [2.75, 3.05) is 0 Å². The second kappa shape index (κ2) is 5.81. The van der Waals surface area contributed by atoms with E-state index in [1.165, 1.54) is 31.2 Å². The van der Waals surface area contributed by atoms with Gasteiger partial charge in [-0.15, -0.1) is 0 Å². The van der Waals surface area contributed by atoms with Crippen molar-refractivity contribution >= 4 is 11.9 Å². The quantitative estimate of drug-likeness (QED) is 0.544. The van der Waals surface area contributed by atoms with Crippen LogP contribution in [0.4, 0.5) is 0 Å². The van der Waals surface area contributed by atoms with Gasteiger partial charge >= 0.3 is 11.9 Å². The maximum Gasteiger partial charge on any atom is 0.340 e. The first-order chi connectivity index (χ1) is 8.80. The van der Waals surface area contributed by atoms with Gasteiger partial charge in [0.15, 0.2) is 0 Å². The van der Waals surface area contributed by atoms with E-state index in [9.17, 15) is 19.8 Å². The lowest BCUT2D eigenvalue weighted by Crippen LogP contribution is -2.44. The van der Waals surface area contributed by atoms with E-state index >= 15 is 0 Å². The highest BCUT2D eigenvalue weighted by molar-refractivity contribution is 5.92. The lowest BCUT2D eigenvalue weighted by molar-refractivity contribution is -0.220. The molecule has 0 fully saturated rings. The first-order valence-corrected chi connectivity index (χ1v) is 5.77. The molecule has 1 aromatic carbocycles. The van der Waals surface area contributed by atoms with Crippen LogP contribution < -0.4 is 0 Å². The summed E-state index contributed by atoms with van der Waals surface area (Å²) in [7, 11) is 0.